The Morgan fingerprint density at radius 1 is 1.07 bits per heavy atom. The first kappa shape index (κ1) is 31.5. The van der Waals surface area contributed by atoms with E-state index in [1.54, 1.807) is 18.4 Å². The summed E-state index contributed by atoms with van der Waals surface area (Å²) in [5.74, 6) is -0.968. The molecule has 2 atom stereocenters. The van der Waals surface area contributed by atoms with Gasteiger partial charge >= 0.3 is 0 Å². The number of thiazole rings is 1. The third kappa shape index (κ3) is 9.31. The van der Waals surface area contributed by atoms with Crippen LogP contribution in [0.1, 0.15) is 42.3 Å². The molecule has 2 heterocycles. The molecule has 1 aliphatic heterocycles. The van der Waals surface area contributed by atoms with Crippen LogP contribution in [-0.4, -0.2) is 73.4 Å². The van der Waals surface area contributed by atoms with Crippen molar-refractivity contribution in [3.05, 3.63) is 76.8 Å². The highest BCUT2D eigenvalue weighted by molar-refractivity contribution is 7.18. The molecule has 42 heavy (non-hydrogen) atoms. The first-order valence-electron chi connectivity index (χ1n) is 14.8. The van der Waals surface area contributed by atoms with E-state index in [2.05, 4.69) is 41.2 Å². The molecule has 0 spiro atoms. The molecule has 3 aromatic rings. The van der Waals surface area contributed by atoms with Crippen molar-refractivity contribution < 1.29 is 19.1 Å². The van der Waals surface area contributed by atoms with Crippen LogP contribution in [-0.2, 0) is 38.4 Å². The van der Waals surface area contributed by atoms with Gasteiger partial charge in [0, 0.05) is 57.6 Å². The second-order valence-electron chi connectivity index (χ2n) is 10.9. The number of benzene rings is 2. The molecule has 8 nitrogen and oxygen atoms in total. The molecule has 1 aliphatic rings. The highest BCUT2D eigenvalue weighted by Crippen LogP contribution is 2.26. The lowest BCUT2D eigenvalue weighted by atomic mass is 9.95. The van der Waals surface area contributed by atoms with Gasteiger partial charge in [0.15, 0.2) is 5.78 Å². The lowest BCUT2D eigenvalue weighted by Crippen LogP contribution is -2.42. The van der Waals surface area contributed by atoms with E-state index in [0.29, 0.717) is 51.0 Å². The monoisotopic (exact) mass is 590 g/mol. The SMILES string of the molecule is C=C(CN1CCOCC1)C(=O)CC[C@H](Cc1ccccc1)NC(=O)[C@@H](CC(=O)NC)Cc1nc2ccc(CC)cc2s1. The molecule has 1 aromatic heterocycles. The van der Waals surface area contributed by atoms with Crippen molar-refractivity contribution >= 4 is 39.2 Å². The molecule has 9 heteroatoms. The zero-order valence-corrected chi connectivity index (χ0v) is 25.5. The number of hydrogen-bond donors (Lipinski definition) is 2. The molecular weight excluding hydrogens is 548 g/mol. The molecule has 1 fully saturated rings. The van der Waals surface area contributed by atoms with E-state index in [0.717, 1.165) is 40.3 Å². The van der Waals surface area contributed by atoms with Crippen molar-refractivity contribution in [3.8, 4) is 0 Å². The molecule has 0 aliphatic carbocycles. The quantitative estimate of drug-likeness (QED) is 0.259. The Morgan fingerprint density at radius 2 is 1.83 bits per heavy atom. The van der Waals surface area contributed by atoms with E-state index in [1.165, 1.54) is 5.56 Å². The second kappa shape index (κ2) is 15.7. The number of hydrogen-bond acceptors (Lipinski definition) is 7. The van der Waals surface area contributed by atoms with Gasteiger partial charge in [-0.05, 0) is 42.5 Å². The maximum atomic E-state index is 13.7. The average molecular weight is 591 g/mol. The van der Waals surface area contributed by atoms with Crippen LogP contribution >= 0.6 is 11.3 Å². The Hall–Kier alpha value is -3.40. The number of fused-ring (bicyclic) bond motifs is 1. The van der Waals surface area contributed by atoms with Gasteiger partial charge < -0.3 is 15.4 Å². The number of Topliss-reactive ketones (excluding diaryl/α,β-unsaturated/α-hetero) is 1. The lowest BCUT2D eigenvalue weighted by Gasteiger charge is -2.27. The van der Waals surface area contributed by atoms with E-state index >= 15 is 0 Å². The number of carbonyl (C=O) groups is 3. The van der Waals surface area contributed by atoms with Crippen LogP contribution in [0.25, 0.3) is 10.2 Å². The van der Waals surface area contributed by atoms with Gasteiger partial charge in [-0.15, -0.1) is 11.3 Å². The van der Waals surface area contributed by atoms with Crippen molar-refractivity contribution in [2.75, 3.05) is 39.9 Å². The minimum Gasteiger partial charge on any atom is -0.379 e. The zero-order chi connectivity index (χ0) is 29.9. The molecule has 0 bridgehead atoms. The number of carbonyl (C=O) groups excluding carboxylic acids is 3. The number of nitrogens with one attached hydrogen (secondary N) is 2. The Kier molecular flexibility index (Phi) is 11.8. The fourth-order valence-electron chi connectivity index (χ4n) is 5.16. The van der Waals surface area contributed by atoms with Gasteiger partial charge in [-0.3, -0.25) is 19.3 Å². The molecule has 2 N–H and O–H groups in total. The Labute approximate surface area is 252 Å². The van der Waals surface area contributed by atoms with Crippen LogP contribution in [0.5, 0.6) is 0 Å². The summed E-state index contributed by atoms with van der Waals surface area (Å²) in [6, 6.07) is 15.9. The molecule has 1 saturated heterocycles. The summed E-state index contributed by atoms with van der Waals surface area (Å²) in [4.78, 5) is 46.1. The number of nitrogens with zero attached hydrogens (tertiary/aromatic N) is 2. The number of amides is 2. The van der Waals surface area contributed by atoms with E-state index in [1.807, 2.05) is 36.4 Å². The summed E-state index contributed by atoms with van der Waals surface area (Å²) in [6.07, 6.45) is 2.73. The zero-order valence-electron chi connectivity index (χ0n) is 24.7. The number of morpholine rings is 1. The van der Waals surface area contributed by atoms with Gasteiger partial charge in [0.25, 0.3) is 0 Å². The molecule has 0 radical (unpaired) electrons. The van der Waals surface area contributed by atoms with Gasteiger partial charge in [-0.1, -0.05) is 49.9 Å². The molecule has 2 amide bonds. The fraction of sp³-hybridized carbons (Fsp3) is 0.455. The maximum Gasteiger partial charge on any atom is 0.224 e. The summed E-state index contributed by atoms with van der Waals surface area (Å²) in [7, 11) is 1.58. The van der Waals surface area contributed by atoms with Gasteiger partial charge in [0.2, 0.25) is 11.8 Å². The van der Waals surface area contributed by atoms with Crippen LogP contribution < -0.4 is 10.6 Å². The van der Waals surface area contributed by atoms with E-state index in [9.17, 15) is 14.4 Å². The van der Waals surface area contributed by atoms with Crippen molar-refractivity contribution in [3.63, 3.8) is 0 Å². The third-order valence-corrected chi connectivity index (χ3v) is 8.75. The van der Waals surface area contributed by atoms with Crippen molar-refractivity contribution in [2.24, 2.45) is 5.92 Å². The second-order valence-corrected chi connectivity index (χ2v) is 12.0. The Balaban J connectivity index is 1.45. The first-order chi connectivity index (χ1) is 20.3. The molecule has 0 unspecified atom stereocenters. The van der Waals surface area contributed by atoms with E-state index in [-0.39, 0.29) is 30.1 Å². The normalized spacial score (nSPS) is 15.2. The topological polar surface area (TPSA) is 101 Å². The molecule has 2 aromatic carbocycles. The summed E-state index contributed by atoms with van der Waals surface area (Å²) < 4.78 is 6.49. The maximum absolute atomic E-state index is 13.7. The molecular formula is C33H42N4O4S. The number of ether oxygens (including phenoxy) is 1. The van der Waals surface area contributed by atoms with Crippen molar-refractivity contribution in [1.82, 2.24) is 20.5 Å². The molecule has 224 valence electrons. The van der Waals surface area contributed by atoms with Gasteiger partial charge in [0.05, 0.1) is 34.4 Å². The van der Waals surface area contributed by atoms with Crippen LogP contribution in [0.2, 0.25) is 0 Å². The smallest absolute Gasteiger partial charge is 0.224 e. The van der Waals surface area contributed by atoms with Crippen molar-refractivity contribution in [2.45, 2.75) is 51.5 Å². The Morgan fingerprint density at radius 3 is 2.55 bits per heavy atom. The van der Waals surface area contributed by atoms with Crippen LogP contribution in [0.4, 0.5) is 0 Å². The van der Waals surface area contributed by atoms with E-state index < -0.39 is 5.92 Å². The van der Waals surface area contributed by atoms with E-state index in [4.69, 9.17) is 9.72 Å². The predicted octanol–water partition coefficient (Wildman–Crippen LogP) is 4.12. The number of aromatic nitrogens is 1. The van der Waals surface area contributed by atoms with Gasteiger partial charge in [-0.2, -0.15) is 0 Å². The van der Waals surface area contributed by atoms with Crippen LogP contribution in [0.3, 0.4) is 0 Å². The molecule has 0 saturated carbocycles. The standard InChI is InChI=1S/C33H42N4O4S/c1-4-24-10-12-28-30(19-24)42-32(36-28)21-26(20-31(39)34-3)33(40)35-27(18-25-8-6-5-7-9-25)11-13-29(38)23(2)22-37-14-16-41-17-15-37/h5-10,12,19,26-27H,2,4,11,13-18,20-22H2,1,3H3,(H,34,39)(H,35,40)/t26-,27+/m0/s1. The Bertz CT molecular complexity index is 1370. The minimum atomic E-state index is -0.582. The highest BCUT2D eigenvalue weighted by atomic mass is 32.1. The lowest BCUT2D eigenvalue weighted by molar-refractivity contribution is -0.130. The number of rotatable bonds is 15. The van der Waals surface area contributed by atoms with Crippen molar-refractivity contribution in [1.29, 1.82) is 0 Å². The highest BCUT2D eigenvalue weighted by Gasteiger charge is 2.26. The number of aryl methyl sites for hydroxylation is 1. The minimum absolute atomic E-state index is 0.0108. The summed E-state index contributed by atoms with van der Waals surface area (Å²) >= 11 is 1.57. The van der Waals surface area contributed by atoms with Crippen LogP contribution in [0, 0.1) is 5.92 Å². The fourth-order valence-corrected chi connectivity index (χ4v) is 6.27. The largest absolute Gasteiger partial charge is 0.379 e. The average Bonchev–Trinajstić information content (AvgIpc) is 3.41. The predicted molar refractivity (Wildman–Crippen MR) is 168 cm³/mol. The van der Waals surface area contributed by atoms with Gasteiger partial charge in [-0.25, -0.2) is 4.98 Å². The summed E-state index contributed by atoms with van der Waals surface area (Å²) in [5, 5.41) is 6.68. The first-order valence-corrected chi connectivity index (χ1v) is 15.6. The number of ketones is 1. The summed E-state index contributed by atoms with van der Waals surface area (Å²) in [6.45, 7) is 9.62. The third-order valence-electron chi connectivity index (χ3n) is 7.71. The summed E-state index contributed by atoms with van der Waals surface area (Å²) in [5.41, 5.74) is 3.80. The van der Waals surface area contributed by atoms with Gasteiger partial charge in [0.1, 0.15) is 0 Å². The van der Waals surface area contributed by atoms with Crippen LogP contribution in [0.15, 0.2) is 60.7 Å². The molecule has 4 rings (SSSR count).